The van der Waals surface area contributed by atoms with Gasteiger partial charge in [-0.1, -0.05) is 11.6 Å². The molecule has 1 rings (SSSR count). The molecular formula is C9H14ClN3S. The van der Waals surface area contributed by atoms with Crippen LogP contribution in [-0.4, -0.2) is 23.5 Å². The average Bonchev–Trinajstić information content (AvgIpc) is 2.15. The number of nitrogen functional groups attached to an aromatic ring is 1. The summed E-state index contributed by atoms with van der Waals surface area (Å²) in [5.41, 5.74) is 6.11. The lowest BCUT2D eigenvalue weighted by molar-refractivity contribution is 0.982. The lowest BCUT2D eigenvalue weighted by Gasteiger charge is -2.06. The summed E-state index contributed by atoms with van der Waals surface area (Å²) in [6.45, 7) is 0.886. The van der Waals surface area contributed by atoms with Crippen LogP contribution in [0.5, 0.6) is 0 Å². The van der Waals surface area contributed by atoms with Crippen molar-refractivity contribution < 1.29 is 0 Å². The van der Waals surface area contributed by atoms with E-state index in [1.807, 2.05) is 11.8 Å². The second kappa shape index (κ2) is 5.98. The molecule has 1 aromatic heterocycles. The summed E-state index contributed by atoms with van der Waals surface area (Å²) in [5.74, 6) is 1.85. The van der Waals surface area contributed by atoms with E-state index < -0.39 is 0 Å². The van der Waals surface area contributed by atoms with Gasteiger partial charge in [-0.15, -0.1) is 0 Å². The zero-order valence-electron chi connectivity index (χ0n) is 8.09. The van der Waals surface area contributed by atoms with Crippen molar-refractivity contribution in [3.63, 3.8) is 0 Å². The topological polar surface area (TPSA) is 50.9 Å². The molecule has 0 radical (unpaired) electrons. The molecule has 1 aromatic rings. The van der Waals surface area contributed by atoms with Crippen LogP contribution < -0.4 is 11.1 Å². The minimum Gasteiger partial charge on any atom is -0.397 e. The van der Waals surface area contributed by atoms with Gasteiger partial charge in [0.2, 0.25) is 0 Å². The van der Waals surface area contributed by atoms with Gasteiger partial charge < -0.3 is 11.1 Å². The first-order valence-electron chi connectivity index (χ1n) is 4.38. The largest absolute Gasteiger partial charge is 0.397 e. The number of anilines is 2. The Morgan fingerprint density at radius 2 is 2.43 bits per heavy atom. The third kappa shape index (κ3) is 3.64. The van der Waals surface area contributed by atoms with Crippen LogP contribution in [0.15, 0.2) is 12.3 Å². The summed E-state index contributed by atoms with van der Waals surface area (Å²) in [6.07, 6.45) is 4.79. The molecule has 14 heavy (non-hydrogen) atoms. The summed E-state index contributed by atoms with van der Waals surface area (Å²) in [5, 5.41) is 3.74. The SMILES string of the molecule is CSCCCNc1ncc(N)cc1Cl. The van der Waals surface area contributed by atoms with E-state index in [4.69, 9.17) is 17.3 Å². The molecule has 3 nitrogen and oxygen atoms in total. The Balaban J connectivity index is 2.42. The highest BCUT2D eigenvalue weighted by Gasteiger charge is 2.00. The number of nitrogens with two attached hydrogens (primary N) is 1. The number of pyridine rings is 1. The van der Waals surface area contributed by atoms with Crippen molar-refractivity contribution in [3.8, 4) is 0 Å². The Morgan fingerprint density at radius 1 is 1.64 bits per heavy atom. The average molecular weight is 232 g/mol. The molecule has 78 valence electrons. The van der Waals surface area contributed by atoms with Crippen LogP contribution in [-0.2, 0) is 0 Å². The Hall–Kier alpha value is -0.610. The van der Waals surface area contributed by atoms with Crippen molar-refractivity contribution in [2.45, 2.75) is 6.42 Å². The molecule has 0 aromatic carbocycles. The zero-order valence-corrected chi connectivity index (χ0v) is 9.66. The van der Waals surface area contributed by atoms with Gasteiger partial charge in [-0.2, -0.15) is 11.8 Å². The van der Waals surface area contributed by atoms with Gasteiger partial charge in [0.05, 0.1) is 16.9 Å². The zero-order chi connectivity index (χ0) is 10.4. The van der Waals surface area contributed by atoms with E-state index in [2.05, 4.69) is 16.6 Å². The fraction of sp³-hybridized carbons (Fsp3) is 0.444. The molecule has 0 bridgehead atoms. The molecule has 0 aliphatic rings. The Labute approximate surface area is 93.4 Å². The maximum atomic E-state index is 5.93. The number of halogens is 1. The number of aromatic nitrogens is 1. The fourth-order valence-electron chi connectivity index (χ4n) is 1.01. The molecular weight excluding hydrogens is 218 g/mol. The van der Waals surface area contributed by atoms with Crippen LogP contribution in [0.4, 0.5) is 11.5 Å². The number of thioether (sulfide) groups is 1. The van der Waals surface area contributed by atoms with Crippen LogP contribution in [0.3, 0.4) is 0 Å². The van der Waals surface area contributed by atoms with Gasteiger partial charge in [0.15, 0.2) is 0 Å². The van der Waals surface area contributed by atoms with E-state index in [1.54, 1.807) is 12.3 Å². The first-order valence-corrected chi connectivity index (χ1v) is 6.15. The smallest absolute Gasteiger partial charge is 0.144 e. The van der Waals surface area contributed by atoms with Crippen LogP contribution in [0.25, 0.3) is 0 Å². The highest BCUT2D eigenvalue weighted by molar-refractivity contribution is 7.98. The van der Waals surface area contributed by atoms with Crippen molar-refractivity contribution in [1.29, 1.82) is 0 Å². The van der Waals surface area contributed by atoms with Gasteiger partial charge in [0.1, 0.15) is 5.82 Å². The van der Waals surface area contributed by atoms with Crippen LogP contribution in [0.1, 0.15) is 6.42 Å². The van der Waals surface area contributed by atoms with Crippen LogP contribution >= 0.6 is 23.4 Å². The third-order valence-electron chi connectivity index (χ3n) is 1.68. The summed E-state index contributed by atoms with van der Waals surface area (Å²) in [6, 6.07) is 1.70. The van der Waals surface area contributed by atoms with Gasteiger partial charge in [0, 0.05) is 6.54 Å². The van der Waals surface area contributed by atoms with Gasteiger partial charge in [0.25, 0.3) is 0 Å². The predicted octanol–water partition coefficient (Wildman–Crippen LogP) is 2.48. The summed E-state index contributed by atoms with van der Waals surface area (Å²) in [7, 11) is 0. The van der Waals surface area contributed by atoms with E-state index in [1.165, 1.54) is 0 Å². The highest BCUT2D eigenvalue weighted by Crippen LogP contribution is 2.20. The van der Waals surface area contributed by atoms with Crippen molar-refractivity contribution in [1.82, 2.24) is 4.98 Å². The fourth-order valence-corrected chi connectivity index (χ4v) is 1.68. The Morgan fingerprint density at radius 3 is 3.07 bits per heavy atom. The van der Waals surface area contributed by atoms with E-state index in [9.17, 15) is 0 Å². The third-order valence-corrected chi connectivity index (χ3v) is 2.67. The molecule has 0 fully saturated rings. The Kier molecular flexibility index (Phi) is 4.90. The first-order chi connectivity index (χ1) is 6.74. The number of hydrogen-bond donors (Lipinski definition) is 2. The quantitative estimate of drug-likeness (QED) is 0.765. The highest BCUT2D eigenvalue weighted by atomic mass is 35.5. The lowest BCUT2D eigenvalue weighted by atomic mass is 10.4. The molecule has 0 atom stereocenters. The number of nitrogens with one attached hydrogen (secondary N) is 1. The minimum absolute atomic E-state index is 0.578. The molecule has 0 unspecified atom stereocenters. The van der Waals surface area contributed by atoms with Gasteiger partial charge >= 0.3 is 0 Å². The standard InChI is InChI=1S/C9H14ClN3S/c1-14-4-2-3-12-9-8(10)5-7(11)6-13-9/h5-6H,2-4,11H2,1H3,(H,12,13). The first kappa shape index (κ1) is 11.5. The van der Waals surface area contributed by atoms with Crippen LogP contribution in [0.2, 0.25) is 5.02 Å². The number of nitrogens with zero attached hydrogens (tertiary/aromatic N) is 1. The summed E-state index contributed by atoms with van der Waals surface area (Å²) in [4.78, 5) is 4.10. The molecule has 0 aliphatic carbocycles. The molecule has 0 amide bonds. The maximum Gasteiger partial charge on any atom is 0.144 e. The van der Waals surface area contributed by atoms with E-state index >= 15 is 0 Å². The van der Waals surface area contributed by atoms with Gasteiger partial charge in [-0.25, -0.2) is 4.98 Å². The maximum absolute atomic E-state index is 5.93. The summed E-state index contributed by atoms with van der Waals surface area (Å²) < 4.78 is 0. The lowest BCUT2D eigenvalue weighted by Crippen LogP contribution is -2.05. The Bertz CT molecular complexity index is 293. The predicted molar refractivity (Wildman–Crippen MR) is 65.1 cm³/mol. The molecule has 0 saturated heterocycles. The summed E-state index contributed by atoms with van der Waals surface area (Å²) >= 11 is 7.76. The molecule has 5 heteroatoms. The van der Waals surface area contributed by atoms with Crippen molar-refractivity contribution in [3.05, 3.63) is 17.3 Å². The van der Waals surface area contributed by atoms with Crippen molar-refractivity contribution >= 4 is 34.9 Å². The van der Waals surface area contributed by atoms with Gasteiger partial charge in [-0.3, -0.25) is 0 Å². The van der Waals surface area contributed by atoms with E-state index in [0.717, 1.165) is 18.7 Å². The molecule has 0 saturated carbocycles. The second-order valence-corrected chi connectivity index (χ2v) is 4.27. The number of rotatable bonds is 5. The second-order valence-electron chi connectivity index (χ2n) is 2.87. The van der Waals surface area contributed by atoms with Crippen molar-refractivity contribution in [2.24, 2.45) is 0 Å². The molecule has 0 spiro atoms. The van der Waals surface area contributed by atoms with Crippen LogP contribution in [0, 0.1) is 0 Å². The molecule has 0 aliphatic heterocycles. The van der Waals surface area contributed by atoms with Gasteiger partial charge in [-0.05, 0) is 24.5 Å². The monoisotopic (exact) mass is 231 g/mol. The normalized spacial score (nSPS) is 10.1. The minimum atomic E-state index is 0.578. The van der Waals surface area contributed by atoms with Crippen molar-refractivity contribution in [2.75, 3.05) is 29.6 Å². The molecule has 3 N–H and O–H groups in total. The van der Waals surface area contributed by atoms with E-state index in [-0.39, 0.29) is 0 Å². The molecule has 1 heterocycles. The van der Waals surface area contributed by atoms with E-state index in [0.29, 0.717) is 16.5 Å². The number of hydrogen-bond acceptors (Lipinski definition) is 4.